The Hall–Kier alpha value is -0.190. The molecule has 2 atom stereocenters. The molecule has 1 aliphatic rings. The molecule has 0 saturated heterocycles. The summed E-state index contributed by atoms with van der Waals surface area (Å²) in [7, 11) is 5.76. The molecule has 25 heavy (non-hydrogen) atoms. The predicted molar refractivity (Wildman–Crippen MR) is 105 cm³/mol. The van der Waals surface area contributed by atoms with E-state index in [9.17, 15) is 10.00 Å². The topological polar surface area (TPSA) is 58.9 Å². The summed E-state index contributed by atoms with van der Waals surface area (Å²) in [4.78, 5) is 10.1. The summed E-state index contributed by atoms with van der Waals surface area (Å²) in [6.07, 6.45) is 11.5. The number of unbranched alkanes of at least 4 members (excludes halogenated alkanes) is 2. The first-order chi connectivity index (χ1) is 11.9. The van der Waals surface area contributed by atoms with Crippen LogP contribution in [0.2, 0.25) is 0 Å². The highest BCUT2D eigenvalue weighted by Gasteiger charge is 2.11. The van der Waals surface area contributed by atoms with Crippen molar-refractivity contribution in [1.29, 1.82) is 0 Å². The van der Waals surface area contributed by atoms with Gasteiger partial charge < -0.3 is 24.0 Å². The molecular formula is C19H39NO4P+. The quantitative estimate of drug-likeness (QED) is 0.277. The summed E-state index contributed by atoms with van der Waals surface area (Å²) in [6, 6.07) is 0. The number of aliphatic hydroxyl groups is 1. The molecule has 2 unspecified atom stereocenters. The minimum Gasteiger partial charge on any atom is -0.475 e. The van der Waals surface area contributed by atoms with Crippen molar-refractivity contribution in [2.24, 2.45) is 0 Å². The molecule has 1 heterocycles. The minimum atomic E-state index is -0.807. The van der Waals surface area contributed by atoms with Crippen molar-refractivity contribution in [3.63, 3.8) is 0 Å². The Bertz CT molecular complexity index is 371. The molecule has 0 saturated carbocycles. The molecule has 148 valence electrons. The normalized spacial score (nSPS) is 17.7. The van der Waals surface area contributed by atoms with Crippen LogP contribution in [-0.4, -0.2) is 74.0 Å². The lowest BCUT2D eigenvalue weighted by atomic mass is 10.0. The Morgan fingerprint density at radius 2 is 1.76 bits per heavy atom. The first-order valence-corrected chi connectivity index (χ1v) is 11.3. The van der Waals surface area contributed by atoms with Crippen LogP contribution in [-0.2, 0) is 9.47 Å². The van der Waals surface area contributed by atoms with Gasteiger partial charge in [-0.15, -0.1) is 0 Å². The second kappa shape index (κ2) is 13.1. The fraction of sp³-hybridized carbons (Fsp3) is 0.895. The summed E-state index contributed by atoms with van der Waals surface area (Å²) in [6.45, 7) is 2.17. The molecule has 0 spiro atoms. The van der Waals surface area contributed by atoms with Gasteiger partial charge in [0.2, 0.25) is 0 Å². The van der Waals surface area contributed by atoms with Crippen molar-refractivity contribution in [3.05, 3.63) is 11.8 Å². The third-order valence-corrected chi connectivity index (χ3v) is 6.09. The van der Waals surface area contributed by atoms with Crippen molar-refractivity contribution in [2.45, 2.75) is 57.5 Å². The van der Waals surface area contributed by atoms with E-state index in [0.717, 1.165) is 74.7 Å². The number of ether oxygens (including phenoxy) is 2. The maximum atomic E-state index is 10.1. The highest BCUT2D eigenvalue weighted by molar-refractivity contribution is 7.51. The van der Waals surface area contributed by atoms with Crippen LogP contribution < -0.4 is 0 Å². The van der Waals surface area contributed by atoms with Crippen LogP contribution in [0.3, 0.4) is 0 Å². The van der Waals surface area contributed by atoms with Crippen molar-refractivity contribution < 1.29 is 24.0 Å². The Kier molecular flexibility index (Phi) is 11.9. The number of hydrogen-bond donors (Lipinski definition) is 2. The molecule has 0 aromatic rings. The van der Waals surface area contributed by atoms with Crippen molar-refractivity contribution in [3.8, 4) is 0 Å². The van der Waals surface area contributed by atoms with Gasteiger partial charge in [-0.25, -0.2) is 0 Å². The van der Waals surface area contributed by atoms with Gasteiger partial charge >= 0.3 is 0 Å². The van der Waals surface area contributed by atoms with Crippen LogP contribution in [0.4, 0.5) is 0 Å². The standard InChI is InChI=1S/C19H39NO4P/c1-20(2,3)12-8-14-25(22)13-7-6-11-19(21)10-5-4-9-18-15-23-17-24-16-18/h15,19,21-22H,4-14,16-17H2,1-3H3/q+1. The van der Waals surface area contributed by atoms with Crippen molar-refractivity contribution >= 4 is 8.15 Å². The Morgan fingerprint density at radius 1 is 1.08 bits per heavy atom. The molecule has 1 aliphatic heterocycles. The minimum absolute atomic E-state index is 0.198. The zero-order valence-corrected chi connectivity index (χ0v) is 17.3. The van der Waals surface area contributed by atoms with Crippen LogP contribution in [0.1, 0.15) is 51.4 Å². The molecule has 6 heteroatoms. The summed E-state index contributed by atoms with van der Waals surface area (Å²) in [5.74, 6) is 0. The molecule has 0 aliphatic carbocycles. The molecule has 0 fully saturated rings. The fourth-order valence-electron chi connectivity index (χ4n) is 2.93. The van der Waals surface area contributed by atoms with Gasteiger partial charge in [0.05, 0.1) is 46.7 Å². The zero-order valence-electron chi connectivity index (χ0n) is 16.5. The molecule has 0 bridgehead atoms. The van der Waals surface area contributed by atoms with E-state index in [-0.39, 0.29) is 6.10 Å². The van der Waals surface area contributed by atoms with E-state index < -0.39 is 8.15 Å². The van der Waals surface area contributed by atoms with E-state index in [1.807, 2.05) is 6.26 Å². The molecular weight excluding hydrogens is 337 g/mol. The summed E-state index contributed by atoms with van der Waals surface area (Å²) in [5, 5.41) is 10.1. The van der Waals surface area contributed by atoms with Crippen LogP contribution in [0, 0.1) is 0 Å². The molecule has 5 nitrogen and oxygen atoms in total. The Labute approximate surface area is 155 Å². The van der Waals surface area contributed by atoms with Gasteiger partial charge in [-0.05, 0) is 50.0 Å². The van der Waals surface area contributed by atoms with Crippen LogP contribution >= 0.6 is 8.15 Å². The monoisotopic (exact) mass is 376 g/mol. The van der Waals surface area contributed by atoms with Gasteiger partial charge in [0.25, 0.3) is 0 Å². The average Bonchev–Trinajstić information content (AvgIpc) is 2.55. The second-order valence-electron chi connectivity index (χ2n) is 8.13. The van der Waals surface area contributed by atoms with Gasteiger partial charge in [0.15, 0.2) is 6.79 Å². The number of quaternary nitrogens is 1. The average molecular weight is 376 g/mol. The number of nitrogens with zero attached hydrogens (tertiary/aromatic N) is 1. The largest absolute Gasteiger partial charge is 0.475 e. The third kappa shape index (κ3) is 13.6. The SMILES string of the molecule is C[N+](C)(C)CCCP(O)CCCCC(O)CCCCC1=COCOC1. The predicted octanol–water partition coefficient (Wildman–Crippen LogP) is 3.45. The number of aliphatic hydroxyl groups excluding tert-OH is 1. The van der Waals surface area contributed by atoms with Gasteiger partial charge in [-0.3, -0.25) is 0 Å². The molecule has 1 rings (SSSR count). The van der Waals surface area contributed by atoms with Gasteiger partial charge in [-0.1, -0.05) is 12.8 Å². The van der Waals surface area contributed by atoms with Crippen LogP contribution in [0.25, 0.3) is 0 Å². The van der Waals surface area contributed by atoms with Gasteiger partial charge in [-0.2, -0.15) is 0 Å². The smallest absolute Gasteiger partial charge is 0.188 e. The van der Waals surface area contributed by atoms with Crippen molar-refractivity contribution in [2.75, 3.05) is 53.4 Å². The summed E-state index contributed by atoms with van der Waals surface area (Å²) < 4.78 is 11.3. The third-order valence-electron chi connectivity index (χ3n) is 4.42. The lowest BCUT2D eigenvalue weighted by Crippen LogP contribution is -2.35. The van der Waals surface area contributed by atoms with E-state index in [2.05, 4.69) is 21.1 Å². The maximum absolute atomic E-state index is 10.1. The summed E-state index contributed by atoms with van der Waals surface area (Å²) in [5.41, 5.74) is 1.21. The highest BCUT2D eigenvalue weighted by atomic mass is 31.1. The molecule has 0 amide bonds. The maximum Gasteiger partial charge on any atom is 0.188 e. The Balaban J connectivity index is 1.92. The first-order valence-electron chi connectivity index (χ1n) is 9.66. The highest BCUT2D eigenvalue weighted by Crippen LogP contribution is 2.32. The summed E-state index contributed by atoms with van der Waals surface area (Å²) >= 11 is 0. The molecule has 0 radical (unpaired) electrons. The van der Waals surface area contributed by atoms with E-state index in [1.165, 1.54) is 5.57 Å². The van der Waals surface area contributed by atoms with Crippen LogP contribution in [0.5, 0.6) is 0 Å². The first kappa shape index (κ1) is 22.9. The molecule has 0 aromatic carbocycles. The van der Waals surface area contributed by atoms with Crippen LogP contribution in [0.15, 0.2) is 11.8 Å². The van der Waals surface area contributed by atoms with E-state index in [1.54, 1.807) is 0 Å². The van der Waals surface area contributed by atoms with Gasteiger partial charge in [0, 0.05) is 14.6 Å². The zero-order chi connectivity index (χ0) is 18.5. The van der Waals surface area contributed by atoms with Crippen molar-refractivity contribution in [1.82, 2.24) is 0 Å². The lowest BCUT2D eigenvalue weighted by molar-refractivity contribution is -0.870. The van der Waals surface area contributed by atoms with Gasteiger partial charge in [0.1, 0.15) is 0 Å². The van der Waals surface area contributed by atoms with E-state index >= 15 is 0 Å². The Morgan fingerprint density at radius 3 is 2.40 bits per heavy atom. The number of hydrogen-bond acceptors (Lipinski definition) is 4. The van der Waals surface area contributed by atoms with E-state index in [0.29, 0.717) is 13.4 Å². The van der Waals surface area contributed by atoms with E-state index in [4.69, 9.17) is 9.47 Å². The second-order valence-corrected chi connectivity index (χ2v) is 10.0. The fourth-order valence-corrected chi connectivity index (χ4v) is 4.25. The molecule has 0 aromatic heterocycles. The number of rotatable bonds is 14. The molecule has 2 N–H and O–H groups in total. The lowest BCUT2D eigenvalue weighted by Gasteiger charge is -2.24.